The van der Waals surface area contributed by atoms with Gasteiger partial charge in [0, 0.05) is 5.56 Å². The minimum Gasteiger partial charge on any atom is -0.477 e. The number of aliphatic carboxylic acids is 1. The van der Waals surface area contributed by atoms with Crippen LogP contribution in [0.15, 0.2) is 18.2 Å². The van der Waals surface area contributed by atoms with Crippen LogP contribution in [0, 0.1) is 5.82 Å². The Morgan fingerprint density at radius 2 is 2.00 bits per heavy atom. The van der Waals surface area contributed by atoms with Crippen molar-refractivity contribution in [2.24, 2.45) is 0 Å². The van der Waals surface area contributed by atoms with E-state index in [1.807, 2.05) is 0 Å². The van der Waals surface area contributed by atoms with E-state index in [0.717, 1.165) is 0 Å². The zero-order valence-electron chi connectivity index (χ0n) is 6.60. The zero-order valence-corrected chi connectivity index (χ0v) is 7.36. The van der Waals surface area contributed by atoms with Gasteiger partial charge in [-0.25, -0.2) is 9.18 Å². The maximum absolute atomic E-state index is 12.8. The highest BCUT2D eigenvalue weighted by Crippen LogP contribution is 2.30. The summed E-state index contributed by atoms with van der Waals surface area (Å²) in [5.41, 5.74) is -0.851. The molecular formula is C8H4ClF3O2. The number of alkyl halides is 2. The van der Waals surface area contributed by atoms with Crippen molar-refractivity contribution in [3.05, 3.63) is 34.6 Å². The lowest BCUT2D eigenvalue weighted by atomic mass is 10.1. The van der Waals surface area contributed by atoms with Crippen LogP contribution in [0.1, 0.15) is 5.56 Å². The molecule has 0 heterocycles. The van der Waals surface area contributed by atoms with Crippen LogP contribution in [0.25, 0.3) is 0 Å². The number of halogens is 4. The largest absolute Gasteiger partial charge is 0.477 e. The van der Waals surface area contributed by atoms with E-state index in [-0.39, 0.29) is 0 Å². The summed E-state index contributed by atoms with van der Waals surface area (Å²) in [6.07, 6.45) is 0. The second kappa shape index (κ2) is 3.49. The molecule has 2 nitrogen and oxygen atoms in total. The highest BCUT2D eigenvalue weighted by molar-refractivity contribution is 6.30. The van der Waals surface area contributed by atoms with Gasteiger partial charge >= 0.3 is 11.9 Å². The molecule has 1 aromatic rings. The highest BCUT2D eigenvalue weighted by atomic mass is 35.5. The molecule has 0 saturated heterocycles. The van der Waals surface area contributed by atoms with E-state index in [0.29, 0.717) is 18.2 Å². The Hall–Kier alpha value is -1.23. The standard InChI is InChI=1S/C8H4ClF3O2/c9-5-3-4(1-2-6(5)10)8(11,12)7(13)14/h1-3H,(H,13,14). The lowest BCUT2D eigenvalue weighted by molar-refractivity contribution is -0.166. The fraction of sp³-hybridized carbons (Fsp3) is 0.125. The molecule has 0 bridgehead atoms. The summed E-state index contributed by atoms with van der Waals surface area (Å²) in [7, 11) is 0. The molecule has 0 radical (unpaired) electrons. The third-order valence-electron chi connectivity index (χ3n) is 1.55. The van der Waals surface area contributed by atoms with Crippen LogP contribution in [0.3, 0.4) is 0 Å². The van der Waals surface area contributed by atoms with Crippen LogP contribution >= 0.6 is 11.6 Å². The predicted octanol–water partition coefficient (Wildman–Crippen LogP) is 2.66. The summed E-state index contributed by atoms with van der Waals surface area (Å²) in [5, 5.41) is 7.63. The molecule has 76 valence electrons. The molecule has 1 rings (SSSR count). The van der Waals surface area contributed by atoms with Crippen molar-refractivity contribution >= 4 is 17.6 Å². The van der Waals surface area contributed by atoms with Crippen LogP contribution in [0.2, 0.25) is 5.02 Å². The molecule has 0 spiro atoms. The molecule has 0 aliphatic carbocycles. The van der Waals surface area contributed by atoms with Gasteiger partial charge in [-0.1, -0.05) is 11.6 Å². The first-order valence-corrected chi connectivity index (χ1v) is 3.80. The summed E-state index contributed by atoms with van der Waals surface area (Å²) in [6, 6.07) is 1.95. The quantitative estimate of drug-likeness (QED) is 0.839. The second-order valence-corrected chi connectivity index (χ2v) is 2.92. The SMILES string of the molecule is O=C(O)C(F)(F)c1ccc(F)c(Cl)c1. The maximum Gasteiger partial charge on any atom is 0.379 e. The van der Waals surface area contributed by atoms with Crippen LogP contribution in [-0.4, -0.2) is 11.1 Å². The monoisotopic (exact) mass is 224 g/mol. The number of rotatable bonds is 2. The van der Waals surface area contributed by atoms with Gasteiger partial charge in [0.25, 0.3) is 0 Å². The van der Waals surface area contributed by atoms with Gasteiger partial charge in [-0.15, -0.1) is 0 Å². The van der Waals surface area contributed by atoms with Crippen molar-refractivity contribution in [2.45, 2.75) is 5.92 Å². The minimum absolute atomic E-state index is 0.538. The van der Waals surface area contributed by atoms with E-state index >= 15 is 0 Å². The van der Waals surface area contributed by atoms with Gasteiger partial charge in [0.05, 0.1) is 5.02 Å². The van der Waals surface area contributed by atoms with E-state index in [1.54, 1.807) is 0 Å². The van der Waals surface area contributed by atoms with Gasteiger partial charge in [0.1, 0.15) is 5.82 Å². The van der Waals surface area contributed by atoms with Gasteiger partial charge in [-0.3, -0.25) is 0 Å². The summed E-state index contributed by atoms with van der Waals surface area (Å²) >= 11 is 5.22. The van der Waals surface area contributed by atoms with Gasteiger partial charge < -0.3 is 5.11 Å². The fourth-order valence-electron chi connectivity index (χ4n) is 0.815. The average Bonchev–Trinajstić information content (AvgIpc) is 2.09. The molecule has 0 aliphatic heterocycles. The van der Waals surface area contributed by atoms with Gasteiger partial charge in [-0.2, -0.15) is 8.78 Å². The van der Waals surface area contributed by atoms with E-state index < -0.39 is 28.3 Å². The molecule has 0 saturated carbocycles. The van der Waals surface area contributed by atoms with Crippen molar-refractivity contribution in [3.8, 4) is 0 Å². The molecule has 0 unspecified atom stereocenters. The van der Waals surface area contributed by atoms with Crippen molar-refractivity contribution in [1.29, 1.82) is 0 Å². The average molecular weight is 225 g/mol. The van der Waals surface area contributed by atoms with Crippen molar-refractivity contribution in [1.82, 2.24) is 0 Å². The molecule has 14 heavy (non-hydrogen) atoms. The number of benzene rings is 1. The fourth-order valence-corrected chi connectivity index (χ4v) is 0.995. The topological polar surface area (TPSA) is 37.3 Å². The zero-order chi connectivity index (χ0) is 10.9. The summed E-state index contributed by atoms with van der Waals surface area (Å²) in [6.45, 7) is 0. The molecule has 1 aromatic carbocycles. The first-order chi connectivity index (χ1) is 6.35. The molecule has 0 aromatic heterocycles. The van der Waals surface area contributed by atoms with Crippen molar-refractivity contribution in [2.75, 3.05) is 0 Å². The number of carboxylic acids is 1. The van der Waals surface area contributed by atoms with Crippen LogP contribution in [0.5, 0.6) is 0 Å². The van der Waals surface area contributed by atoms with Crippen LogP contribution in [0.4, 0.5) is 13.2 Å². The minimum atomic E-state index is -4.06. The van der Waals surface area contributed by atoms with Crippen LogP contribution < -0.4 is 0 Å². The molecule has 0 amide bonds. The Balaban J connectivity index is 3.21. The Morgan fingerprint density at radius 3 is 2.43 bits per heavy atom. The third kappa shape index (κ3) is 1.82. The Morgan fingerprint density at radius 1 is 1.43 bits per heavy atom. The first kappa shape index (κ1) is 10.8. The Labute approximate surface area is 81.9 Å². The molecular weight excluding hydrogens is 221 g/mol. The van der Waals surface area contributed by atoms with Gasteiger partial charge in [-0.05, 0) is 18.2 Å². The molecule has 6 heteroatoms. The van der Waals surface area contributed by atoms with Crippen molar-refractivity contribution < 1.29 is 23.1 Å². The van der Waals surface area contributed by atoms with E-state index in [1.165, 1.54) is 0 Å². The third-order valence-corrected chi connectivity index (χ3v) is 1.84. The first-order valence-electron chi connectivity index (χ1n) is 3.42. The Kier molecular flexibility index (Phi) is 2.71. The summed E-state index contributed by atoms with van der Waals surface area (Å²) in [4.78, 5) is 10.1. The van der Waals surface area contributed by atoms with Crippen molar-refractivity contribution in [3.63, 3.8) is 0 Å². The Bertz CT molecular complexity index is 379. The number of hydrogen-bond acceptors (Lipinski definition) is 1. The summed E-state index contributed by atoms with van der Waals surface area (Å²) < 4.78 is 38.2. The molecule has 1 N–H and O–H groups in total. The predicted molar refractivity (Wildman–Crippen MR) is 42.9 cm³/mol. The van der Waals surface area contributed by atoms with E-state index in [2.05, 4.69) is 0 Å². The van der Waals surface area contributed by atoms with Crippen LogP contribution in [-0.2, 0) is 10.7 Å². The van der Waals surface area contributed by atoms with Gasteiger partial charge in [0.2, 0.25) is 0 Å². The lowest BCUT2D eigenvalue weighted by Crippen LogP contribution is -2.25. The van der Waals surface area contributed by atoms with E-state index in [4.69, 9.17) is 16.7 Å². The van der Waals surface area contributed by atoms with Gasteiger partial charge in [0.15, 0.2) is 0 Å². The lowest BCUT2D eigenvalue weighted by Gasteiger charge is -2.11. The number of hydrogen-bond donors (Lipinski definition) is 1. The normalized spacial score (nSPS) is 11.4. The maximum atomic E-state index is 12.8. The second-order valence-electron chi connectivity index (χ2n) is 2.51. The molecule has 0 aliphatic rings. The number of carboxylic acid groups (broad SMARTS) is 1. The van der Waals surface area contributed by atoms with E-state index in [9.17, 15) is 18.0 Å². The number of carbonyl (C=O) groups is 1. The molecule has 0 atom stereocenters. The smallest absolute Gasteiger partial charge is 0.379 e. The summed E-state index contributed by atoms with van der Waals surface area (Å²) in [5.74, 6) is -7.24. The highest BCUT2D eigenvalue weighted by Gasteiger charge is 2.41. The molecule has 0 fully saturated rings.